The van der Waals surface area contributed by atoms with E-state index in [0.717, 1.165) is 0 Å². The zero-order chi connectivity index (χ0) is 12.5. The molecule has 0 aliphatic heterocycles. The molecule has 1 aromatic carbocycles. The van der Waals surface area contributed by atoms with Gasteiger partial charge in [-0.1, -0.05) is 0 Å². The number of nitrogens with one attached hydrogen (secondary N) is 1. The van der Waals surface area contributed by atoms with Crippen LogP contribution in [0.5, 0.6) is 0 Å². The molecule has 3 N–H and O–H groups in total. The van der Waals surface area contributed by atoms with Crippen LogP contribution in [0.4, 0.5) is 0 Å². The molecule has 5 nitrogen and oxygen atoms in total. The summed E-state index contributed by atoms with van der Waals surface area (Å²) in [4.78, 5) is 11.7. The number of sulfonamides is 1. The molecule has 1 saturated carbocycles. The van der Waals surface area contributed by atoms with Gasteiger partial charge >= 0.3 is 0 Å². The summed E-state index contributed by atoms with van der Waals surface area (Å²) in [7, 11) is -3.69. The van der Waals surface area contributed by atoms with Gasteiger partial charge in [0.2, 0.25) is 10.0 Å². The number of amides is 1. The summed E-state index contributed by atoms with van der Waals surface area (Å²) in [6.45, 7) is 0.690. The van der Waals surface area contributed by atoms with Crippen LogP contribution in [0.1, 0.15) is 23.2 Å². The van der Waals surface area contributed by atoms with Gasteiger partial charge in [-0.3, -0.25) is 4.79 Å². The molecule has 0 atom stereocenters. The van der Waals surface area contributed by atoms with Crippen molar-refractivity contribution >= 4 is 15.9 Å². The molecule has 0 bridgehead atoms. The second kappa shape index (κ2) is 4.46. The number of primary sulfonamides is 1. The first kappa shape index (κ1) is 12.1. The third kappa shape index (κ3) is 3.28. The minimum atomic E-state index is -3.69. The quantitative estimate of drug-likeness (QED) is 0.818. The molecule has 1 amide bonds. The molecule has 17 heavy (non-hydrogen) atoms. The van der Waals surface area contributed by atoms with Gasteiger partial charge in [0, 0.05) is 12.1 Å². The van der Waals surface area contributed by atoms with Gasteiger partial charge in [0.15, 0.2) is 0 Å². The largest absolute Gasteiger partial charge is 0.352 e. The van der Waals surface area contributed by atoms with Gasteiger partial charge in [-0.15, -0.1) is 0 Å². The molecule has 0 unspecified atom stereocenters. The van der Waals surface area contributed by atoms with Crippen LogP contribution in [0, 0.1) is 5.92 Å². The Bertz CT molecular complexity index is 518. The van der Waals surface area contributed by atoms with Crippen molar-refractivity contribution in [3.63, 3.8) is 0 Å². The van der Waals surface area contributed by atoms with Crippen molar-refractivity contribution in [1.29, 1.82) is 0 Å². The molecule has 1 aromatic rings. The summed E-state index contributed by atoms with van der Waals surface area (Å²) < 4.78 is 22.0. The predicted octanol–water partition coefficient (Wildman–Crippen LogP) is 0.474. The first-order chi connectivity index (χ1) is 7.97. The number of hydrogen-bond donors (Lipinski definition) is 2. The molecule has 1 fully saturated rings. The average Bonchev–Trinajstić information content (AvgIpc) is 3.09. The highest BCUT2D eigenvalue weighted by atomic mass is 32.2. The van der Waals surface area contributed by atoms with Gasteiger partial charge in [0.25, 0.3) is 5.91 Å². The fourth-order valence-corrected chi connectivity index (χ4v) is 1.97. The fourth-order valence-electron chi connectivity index (χ4n) is 1.46. The van der Waals surface area contributed by atoms with Gasteiger partial charge in [-0.2, -0.15) is 0 Å². The van der Waals surface area contributed by atoms with E-state index in [1.165, 1.54) is 37.1 Å². The predicted molar refractivity (Wildman–Crippen MR) is 62.9 cm³/mol. The number of hydrogen-bond acceptors (Lipinski definition) is 3. The van der Waals surface area contributed by atoms with E-state index >= 15 is 0 Å². The summed E-state index contributed by atoms with van der Waals surface area (Å²) in [5.74, 6) is 0.431. The van der Waals surface area contributed by atoms with Crippen LogP contribution in [-0.2, 0) is 10.0 Å². The van der Waals surface area contributed by atoms with E-state index in [4.69, 9.17) is 5.14 Å². The van der Waals surface area contributed by atoms with Crippen LogP contribution in [0.15, 0.2) is 29.2 Å². The van der Waals surface area contributed by atoms with E-state index in [9.17, 15) is 13.2 Å². The van der Waals surface area contributed by atoms with Crippen LogP contribution in [0.25, 0.3) is 0 Å². The van der Waals surface area contributed by atoms with Crippen molar-refractivity contribution in [3.8, 4) is 0 Å². The normalized spacial score (nSPS) is 15.6. The molecular formula is C11H14N2O3S. The van der Waals surface area contributed by atoms with E-state index in [-0.39, 0.29) is 10.8 Å². The van der Waals surface area contributed by atoms with E-state index in [0.29, 0.717) is 18.0 Å². The summed E-state index contributed by atoms with van der Waals surface area (Å²) >= 11 is 0. The highest BCUT2D eigenvalue weighted by molar-refractivity contribution is 7.89. The molecule has 2 rings (SSSR count). The third-order valence-corrected chi connectivity index (χ3v) is 3.62. The Morgan fingerprint density at radius 3 is 2.35 bits per heavy atom. The van der Waals surface area contributed by atoms with Crippen molar-refractivity contribution in [2.45, 2.75) is 17.7 Å². The molecule has 0 heterocycles. The minimum absolute atomic E-state index is 0.0104. The van der Waals surface area contributed by atoms with Crippen LogP contribution in [-0.4, -0.2) is 20.9 Å². The lowest BCUT2D eigenvalue weighted by atomic mass is 10.2. The topological polar surface area (TPSA) is 89.3 Å². The van der Waals surface area contributed by atoms with Crippen molar-refractivity contribution in [1.82, 2.24) is 5.32 Å². The summed E-state index contributed by atoms with van der Waals surface area (Å²) in [6.07, 6.45) is 2.34. The third-order valence-electron chi connectivity index (χ3n) is 2.69. The highest BCUT2D eigenvalue weighted by Gasteiger charge is 2.21. The van der Waals surface area contributed by atoms with Gasteiger partial charge < -0.3 is 5.32 Å². The first-order valence-electron chi connectivity index (χ1n) is 5.38. The van der Waals surface area contributed by atoms with E-state index in [2.05, 4.69) is 5.32 Å². The second-order valence-corrected chi connectivity index (χ2v) is 5.78. The molecule has 1 aliphatic carbocycles. The van der Waals surface area contributed by atoms with Crippen molar-refractivity contribution in [3.05, 3.63) is 29.8 Å². The molecular weight excluding hydrogens is 240 g/mol. The van der Waals surface area contributed by atoms with E-state index < -0.39 is 10.0 Å². The van der Waals surface area contributed by atoms with Crippen LogP contribution >= 0.6 is 0 Å². The molecule has 1 aliphatic rings. The highest BCUT2D eigenvalue weighted by Crippen LogP contribution is 2.27. The number of carbonyl (C=O) groups is 1. The fraction of sp³-hybridized carbons (Fsp3) is 0.364. The van der Waals surface area contributed by atoms with E-state index in [1.807, 2.05) is 0 Å². The Hall–Kier alpha value is -1.40. The smallest absolute Gasteiger partial charge is 0.251 e. The Kier molecular flexibility index (Phi) is 3.17. The Morgan fingerprint density at radius 2 is 1.88 bits per heavy atom. The molecule has 0 spiro atoms. The maximum absolute atomic E-state index is 11.6. The molecule has 0 radical (unpaired) electrons. The van der Waals surface area contributed by atoms with Crippen molar-refractivity contribution in [2.24, 2.45) is 11.1 Å². The Morgan fingerprint density at radius 1 is 1.29 bits per heavy atom. The number of nitrogens with two attached hydrogens (primary N) is 1. The number of carbonyl (C=O) groups excluding carboxylic acids is 1. The molecule has 0 aromatic heterocycles. The number of benzene rings is 1. The van der Waals surface area contributed by atoms with Crippen LogP contribution in [0.2, 0.25) is 0 Å². The lowest BCUT2D eigenvalue weighted by Gasteiger charge is -2.04. The molecule has 0 saturated heterocycles. The SMILES string of the molecule is NS(=O)(=O)c1ccc(C(=O)NCC2CC2)cc1. The van der Waals surface area contributed by atoms with Crippen molar-refractivity contribution < 1.29 is 13.2 Å². The second-order valence-electron chi connectivity index (χ2n) is 4.22. The monoisotopic (exact) mass is 254 g/mol. The van der Waals surface area contributed by atoms with E-state index in [1.54, 1.807) is 0 Å². The average molecular weight is 254 g/mol. The lowest BCUT2D eigenvalue weighted by molar-refractivity contribution is 0.0951. The zero-order valence-electron chi connectivity index (χ0n) is 9.22. The van der Waals surface area contributed by atoms with Gasteiger partial charge in [0.1, 0.15) is 0 Å². The zero-order valence-corrected chi connectivity index (χ0v) is 10.0. The maximum atomic E-state index is 11.6. The summed E-state index contributed by atoms with van der Waals surface area (Å²) in [5, 5.41) is 7.76. The summed E-state index contributed by atoms with van der Waals surface area (Å²) in [6, 6.07) is 5.59. The summed E-state index contributed by atoms with van der Waals surface area (Å²) in [5.41, 5.74) is 0.443. The van der Waals surface area contributed by atoms with Gasteiger partial charge in [-0.25, -0.2) is 13.6 Å². The lowest BCUT2D eigenvalue weighted by Crippen LogP contribution is -2.25. The van der Waals surface area contributed by atoms with Gasteiger partial charge in [0.05, 0.1) is 4.90 Å². The Balaban J connectivity index is 2.03. The molecule has 6 heteroatoms. The maximum Gasteiger partial charge on any atom is 0.251 e. The van der Waals surface area contributed by atoms with Crippen molar-refractivity contribution in [2.75, 3.05) is 6.54 Å². The standard InChI is InChI=1S/C11H14N2O3S/c12-17(15,16)10-5-3-9(4-6-10)11(14)13-7-8-1-2-8/h3-6,8H,1-2,7H2,(H,13,14)(H2,12,15,16). The minimum Gasteiger partial charge on any atom is -0.352 e. The first-order valence-corrected chi connectivity index (χ1v) is 6.92. The van der Waals surface area contributed by atoms with Crippen LogP contribution < -0.4 is 10.5 Å². The molecule has 92 valence electrons. The Labute approximate surface area is 100 Å². The van der Waals surface area contributed by atoms with Crippen LogP contribution in [0.3, 0.4) is 0 Å². The van der Waals surface area contributed by atoms with Gasteiger partial charge in [-0.05, 0) is 43.0 Å². The number of rotatable bonds is 4.